The highest BCUT2D eigenvalue weighted by Gasteiger charge is 2.01. The zero-order chi connectivity index (χ0) is 12.0. The van der Waals surface area contributed by atoms with Gasteiger partial charge in [-0.3, -0.25) is 0 Å². The molecule has 16 heavy (non-hydrogen) atoms. The number of nitrogens with two attached hydrogens (primary N) is 1. The topological polar surface area (TPSA) is 50.4 Å². The van der Waals surface area contributed by atoms with Gasteiger partial charge in [-0.05, 0) is 24.1 Å². The zero-order valence-electron chi connectivity index (χ0n) is 9.13. The summed E-state index contributed by atoms with van der Waals surface area (Å²) in [6.07, 6.45) is 0.946. The third-order valence-electron chi connectivity index (χ3n) is 1.97. The van der Waals surface area contributed by atoms with Gasteiger partial charge in [-0.15, -0.1) is 0 Å². The lowest BCUT2D eigenvalue weighted by atomic mass is 10.2. The highest BCUT2D eigenvalue weighted by molar-refractivity contribution is 5.77. The molecule has 1 rings (SSSR count). The largest absolute Gasteiger partial charge is 0.370 e. The lowest BCUT2D eigenvalue weighted by molar-refractivity contribution is 0.507. The van der Waals surface area contributed by atoms with Gasteiger partial charge >= 0.3 is 0 Å². The average molecular weight is 227 g/mol. The molecule has 0 aliphatic carbocycles. The average Bonchev–Trinajstić information content (AvgIpc) is 2.28. The van der Waals surface area contributed by atoms with Crippen LogP contribution in [0.4, 0.5) is 8.78 Å². The molecule has 3 N–H and O–H groups in total. The van der Waals surface area contributed by atoms with Gasteiger partial charge in [0.25, 0.3) is 0 Å². The van der Waals surface area contributed by atoms with Crippen molar-refractivity contribution in [1.82, 2.24) is 5.32 Å². The number of halogens is 2. The predicted molar refractivity (Wildman–Crippen MR) is 60.0 cm³/mol. The van der Waals surface area contributed by atoms with Gasteiger partial charge in [-0.1, -0.05) is 13.0 Å². The van der Waals surface area contributed by atoms with E-state index < -0.39 is 11.6 Å². The summed E-state index contributed by atoms with van der Waals surface area (Å²) in [5.41, 5.74) is 6.13. The van der Waals surface area contributed by atoms with E-state index in [0.717, 1.165) is 25.1 Å². The van der Waals surface area contributed by atoms with Gasteiger partial charge < -0.3 is 11.1 Å². The van der Waals surface area contributed by atoms with Crippen LogP contribution in [0.3, 0.4) is 0 Å². The van der Waals surface area contributed by atoms with E-state index in [1.54, 1.807) is 0 Å². The van der Waals surface area contributed by atoms with Gasteiger partial charge in [0.2, 0.25) is 0 Å². The molecule has 0 saturated heterocycles. The van der Waals surface area contributed by atoms with Crippen LogP contribution in [-0.4, -0.2) is 12.5 Å². The van der Waals surface area contributed by atoms with Crippen molar-refractivity contribution in [3.63, 3.8) is 0 Å². The van der Waals surface area contributed by atoms with Gasteiger partial charge in [0, 0.05) is 6.54 Å². The summed E-state index contributed by atoms with van der Waals surface area (Å²) in [6.45, 7) is 2.99. The summed E-state index contributed by atoms with van der Waals surface area (Å²) in [6, 6.07) is 3.68. The van der Waals surface area contributed by atoms with Crippen molar-refractivity contribution < 1.29 is 8.78 Å². The molecule has 0 radical (unpaired) electrons. The van der Waals surface area contributed by atoms with Crippen LogP contribution in [0, 0.1) is 11.6 Å². The summed E-state index contributed by atoms with van der Waals surface area (Å²) in [5, 5.41) is 2.89. The Labute approximate surface area is 93.4 Å². The zero-order valence-corrected chi connectivity index (χ0v) is 9.13. The maximum Gasteiger partial charge on any atom is 0.188 e. The van der Waals surface area contributed by atoms with Gasteiger partial charge in [-0.25, -0.2) is 13.8 Å². The van der Waals surface area contributed by atoms with Crippen LogP contribution in [-0.2, 0) is 6.54 Å². The molecule has 0 aliphatic heterocycles. The molecule has 0 saturated carbocycles. The van der Waals surface area contributed by atoms with E-state index in [-0.39, 0.29) is 6.54 Å². The third kappa shape index (κ3) is 3.84. The standard InChI is InChI=1S/C11H15F2N3/c1-2-5-15-11(14)16-7-8-3-4-9(12)10(13)6-8/h3-4,6H,2,5,7H2,1H3,(H3,14,15,16). The highest BCUT2D eigenvalue weighted by atomic mass is 19.2. The molecule has 0 atom stereocenters. The van der Waals surface area contributed by atoms with E-state index in [0.29, 0.717) is 11.5 Å². The van der Waals surface area contributed by atoms with Crippen LogP contribution >= 0.6 is 0 Å². The van der Waals surface area contributed by atoms with Crippen molar-refractivity contribution in [2.24, 2.45) is 10.7 Å². The molecule has 0 heterocycles. The lowest BCUT2D eigenvalue weighted by Gasteiger charge is -2.03. The first-order chi connectivity index (χ1) is 7.63. The monoisotopic (exact) mass is 227 g/mol. The Morgan fingerprint density at radius 2 is 2.12 bits per heavy atom. The maximum atomic E-state index is 12.8. The quantitative estimate of drug-likeness (QED) is 0.608. The smallest absolute Gasteiger partial charge is 0.188 e. The van der Waals surface area contributed by atoms with E-state index in [9.17, 15) is 8.78 Å². The van der Waals surface area contributed by atoms with Crippen LogP contribution in [0.5, 0.6) is 0 Å². The molecule has 0 spiro atoms. The molecule has 3 nitrogen and oxygen atoms in total. The lowest BCUT2D eigenvalue weighted by Crippen LogP contribution is -2.32. The third-order valence-corrected chi connectivity index (χ3v) is 1.97. The molecule has 88 valence electrons. The Balaban J connectivity index is 2.56. The summed E-state index contributed by atoms with van der Waals surface area (Å²) < 4.78 is 25.5. The number of hydrogen-bond donors (Lipinski definition) is 2. The van der Waals surface area contributed by atoms with Gasteiger partial charge in [0.1, 0.15) is 0 Å². The number of nitrogens with one attached hydrogen (secondary N) is 1. The Kier molecular flexibility index (Phi) is 4.69. The fourth-order valence-corrected chi connectivity index (χ4v) is 1.12. The molecule has 0 bridgehead atoms. The second kappa shape index (κ2) is 6.05. The van der Waals surface area contributed by atoms with Crippen LogP contribution in [0.15, 0.2) is 23.2 Å². The first-order valence-electron chi connectivity index (χ1n) is 5.11. The first kappa shape index (κ1) is 12.4. The summed E-state index contributed by atoms with van der Waals surface area (Å²) in [5.74, 6) is -1.41. The number of guanidine groups is 1. The number of aliphatic imine (C=N–C) groups is 1. The maximum absolute atomic E-state index is 12.8. The van der Waals surface area contributed by atoms with Gasteiger partial charge in [-0.2, -0.15) is 0 Å². The molecular weight excluding hydrogens is 212 g/mol. The second-order valence-corrected chi connectivity index (χ2v) is 3.38. The van der Waals surface area contributed by atoms with Crippen molar-refractivity contribution in [3.05, 3.63) is 35.4 Å². The molecule has 0 unspecified atom stereocenters. The molecular formula is C11H15F2N3. The van der Waals surface area contributed by atoms with Crippen LogP contribution in [0.1, 0.15) is 18.9 Å². The molecule has 0 aliphatic rings. The molecule has 1 aromatic rings. The van der Waals surface area contributed by atoms with Crippen molar-refractivity contribution >= 4 is 5.96 Å². The fourth-order valence-electron chi connectivity index (χ4n) is 1.12. The van der Waals surface area contributed by atoms with Crippen molar-refractivity contribution in [2.75, 3.05) is 6.54 Å². The van der Waals surface area contributed by atoms with Gasteiger partial charge in [0.05, 0.1) is 6.54 Å². The Hall–Kier alpha value is -1.65. The minimum absolute atomic E-state index is 0.236. The molecule has 0 amide bonds. The Bertz CT molecular complexity index is 377. The highest BCUT2D eigenvalue weighted by Crippen LogP contribution is 2.09. The molecule has 0 aromatic heterocycles. The van der Waals surface area contributed by atoms with Crippen molar-refractivity contribution in [1.29, 1.82) is 0 Å². The second-order valence-electron chi connectivity index (χ2n) is 3.38. The predicted octanol–water partition coefficient (Wildman–Crippen LogP) is 1.78. The van der Waals surface area contributed by atoms with E-state index in [4.69, 9.17) is 5.73 Å². The van der Waals surface area contributed by atoms with E-state index in [2.05, 4.69) is 10.3 Å². The molecule has 5 heteroatoms. The number of rotatable bonds is 4. The normalized spacial score (nSPS) is 11.6. The Morgan fingerprint density at radius 3 is 2.75 bits per heavy atom. The fraction of sp³-hybridized carbons (Fsp3) is 0.364. The van der Waals surface area contributed by atoms with E-state index in [1.165, 1.54) is 6.07 Å². The molecule has 1 aromatic carbocycles. The van der Waals surface area contributed by atoms with E-state index in [1.807, 2.05) is 6.92 Å². The Morgan fingerprint density at radius 1 is 1.38 bits per heavy atom. The van der Waals surface area contributed by atoms with Crippen LogP contribution < -0.4 is 11.1 Å². The van der Waals surface area contributed by atoms with Gasteiger partial charge in [0.15, 0.2) is 17.6 Å². The number of benzene rings is 1. The minimum Gasteiger partial charge on any atom is -0.370 e. The van der Waals surface area contributed by atoms with E-state index >= 15 is 0 Å². The molecule has 0 fully saturated rings. The first-order valence-corrected chi connectivity index (χ1v) is 5.11. The SMILES string of the molecule is CCCNC(N)=NCc1ccc(F)c(F)c1. The summed E-state index contributed by atoms with van der Waals surface area (Å²) >= 11 is 0. The summed E-state index contributed by atoms with van der Waals surface area (Å²) in [7, 11) is 0. The number of hydrogen-bond acceptors (Lipinski definition) is 1. The number of nitrogens with zero attached hydrogens (tertiary/aromatic N) is 1. The summed E-state index contributed by atoms with van der Waals surface area (Å²) in [4.78, 5) is 4.00. The van der Waals surface area contributed by atoms with Crippen LogP contribution in [0.25, 0.3) is 0 Å². The van der Waals surface area contributed by atoms with Crippen molar-refractivity contribution in [3.8, 4) is 0 Å². The van der Waals surface area contributed by atoms with Crippen molar-refractivity contribution in [2.45, 2.75) is 19.9 Å². The minimum atomic E-state index is -0.868. The van der Waals surface area contributed by atoms with Crippen LogP contribution in [0.2, 0.25) is 0 Å².